The maximum Gasteiger partial charge on any atom is 0.416 e. The first-order valence-electron chi connectivity index (χ1n) is 5.66. The minimum absolute atomic E-state index is 0.00644. The van der Waals surface area contributed by atoms with Crippen molar-refractivity contribution in [2.24, 2.45) is 0 Å². The second-order valence-corrected chi connectivity index (χ2v) is 4.13. The third-order valence-electron chi connectivity index (χ3n) is 2.87. The van der Waals surface area contributed by atoms with Gasteiger partial charge >= 0.3 is 12.3 Å². The lowest BCUT2D eigenvalue weighted by Gasteiger charge is -2.16. The van der Waals surface area contributed by atoms with Crippen molar-refractivity contribution in [2.75, 3.05) is 19.7 Å². The molecule has 1 amide bonds. The van der Waals surface area contributed by atoms with E-state index in [1.165, 1.54) is 23.1 Å². The minimum Gasteiger partial charge on any atom is -0.439 e. The van der Waals surface area contributed by atoms with E-state index in [1.54, 1.807) is 0 Å². The molecule has 19 heavy (non-hydrogen) atoms. The highest BCUT2D eigenvalue weighted by atomic mass is 19.4. The highest BCUT2D eigenvalue weighted by molar-refractivity contribution is 5.70. The Balaban J connectivity index is 2.27. The molecule has 1 aromatic carbocycles. The van der Waals surface area contributed by atoms with Gasteiger partial charge in [-0.1, -0.05) is 18.2 Å². The number of alkyl halides is 3. The van der Waals surface area contributed by atoms with Crippen LogP contribution in [0.3, 0.4) is 0 Å². The summed E-state index contributed by atoms with van der Waals surface area (Å²) in [5, 5.41) is 8.76. The molecule has 1 atom stereocenters. The molecule has 1 heterocycles. The second kappa shape index (κ2) is 5.08. The van der Waals surface area contributed by atoms with Gasteiger partial charge in [0.25, 0.3) is 0 Å². The Morgan fingerprint density at radius 3 is 2.68 bits per heavy atom. The summed E-state index contributed by atoms with van der Waals surface area (Å²) in [6.45, 7) is -0.210. The molecule has 1 aromatic rings. The molecule has 1 aliphatic heterocycles. The van der Waals surface area contributed by atoms with Gasteiger partial charge in [0.05, 0.1) is 18.7 Å². The summed E-state index contributed by atoms with van der Waals surface area (Å²) in [4.78, 5) is 12.6. The number of ether oxygens (including phenoxy) is 1. The quantitative estimate of drug-likeness (QED) is 0.920. The highest BCUT2D eigenvalue weighted by Crippen LogP contribution is 2.37. The van der Waals surface area contributed by atoms with Gasteiger partial charge in [-0.15, -0.1) is 0 Å². The predicted octanol–water partition coefficient (Wildman–Crippen LogP) is 2.19. The Labute approximate surface area is 107 Å². The predicted molar refractivity (Wildman–Crippen MR) is 59.3 cm³/mol. The van der Waals surface area contributed by atoms with Gasteiger partial charge in [0.1, 0.15) is 6.10 Å². The van der Waals surface area contributed by atoms with Crippen molar-refractivity contribution in [3.8, 4) is 0 Å². The van der Waals surface area contributed by atoms with Crippen molar-refractivity contribution >= 4 is 6.09 Å². The number of hydrogen-bond acceptors (Lipinski definition) is 3. The Morgan fingerprint density at radius 2 is 2.05 bits per heavy atom. The third-order valence-corrected chi connectivity index (χ3v) is 2.87. The van der Waals surface area contributed by atoms with Gasteiger partial charge in [-0.3, -0.25) is 0 Å². The minimum atomic E-state index is -4.49. The third kappa shape index (κ3) is 2.81. The van der Waals surface area contributed by atoms with Crippen LogP contribution in [-0.4, -0.2) is 35.8 Å². The first kappa shape index (κ1) is 13.7. The Morgan fingerprint density at radius 1 is 1.37 bits per heavy atom. The summed E-state index contributed by atoms with van der Waals surface area (Å²) in [5.74, 6) is 0. The van der Waals surface area contributed by atoms with Crippen LogP contribution in [0.25, 0.3) is 0 Å². The lowest BCUT2D eigenvalue weighted by Crippen LogP contribution is -2.27. The van der Waals surface area contributed by atoms with E-state index in [4.69, 9.17) is 9.84 Å². The fraction of sp³-hybridized carbons (Fsp3) is 0.417. The monoisotopic (exact) mass is 275 g/mol. The van der Waals surface area contributed by atoms with Crippen molar-refractivity contribution in [3.05, 3.63) is 35.4 Å². The Kier molecular flexibility index (Phi) is 3.66. The number of aliphatic hydroxyl groups excluding tert-OH is 1. The number of β-amino-alcohol motifs (C(OH)–C–C–N with tert-alkyl or cyclic N) is 1. The van der Waals surface area contributed by atoms with Crippen molar-refractivity contribution in [2.45, 2.75) is 12.3 Å². The van der Waals surface area contributed by atoms with Crippen LogP contribution in [0.5, 0.6) is 0 Å². The molecule has 1 fully saturated rings. The fourth-order valence-corrected chi connectivity index (χ4v) is 2.01. The van der Waals surface area contributed by atoms with Gasteiger partial charge in [-0.2, -0.15) is 13.2 Å². The summed E-state index contributed by atoms with van der Waals surface area (Å²) in [6, 6.07) is 5.00. The van der Waals surface area contributed by atoms with E-state index >= 15 is 0 Å². The largest absolute Gasteiger partial charge is 0.439 e. The van der Waals surface area contributed by atoms with E-state index in [9.17, 15) is 18.0 Å². The van der Waals surface area contributed by atoms with E-state index in [-0.39, 0.29) is 25.3 Å². The standard InChI is InChI=1S/C12H12F3NO3/c13-12(14,15)9-4-2-1-3-8(9)10-7-16(5-6-17)11(18)19-10/h1-4,10,17H,5-7H2. The lowest BCUT2D eigenvalue weighted by molar-refractivity contribution is -0.139. The molecule has 0 radical (unpaired) electrons. The summed E-state index contributed by atoms with van der Waals surface area (Å²) in [5.41, 5.74) is -0.873. The molecule has 7 heteroatoms. The summed E-state index contributed by atoms with van der Waals surface area (Å²) in [6.07, 6.45) is -6.17. The van der Waals surface area contributed by atoms with Crippen LogP contribution in [0.15, 0.2) is 24.3 Å². The molecule has 2 rings (SSSR count). The zero-order valence-electron chi connectivity index (χ0n) is 9.85. The number of aliphatic hydroxyl groups is 1. The number of nitrogens with zero attached hydrogens (tertiary/aromatic N) is 1. The van der Waals surface area contributed by atoms with Gasteiger partial charge in [0.15, 0.2) is 0 Å². The second-order valence-electron chi connectivity index (χ2n) is 4.13. The zero-order chi connectivity index (χ0) is 14.0. The van der Waals surface area contributed by atoms with E-state index in [2.05, 4.69) is 0 Å². The number of carbonyl (C=O) groups is 1. The first-order chi connectivity index (χ1) is 8.93. The average molecular weight is 275 g/mol. The number of carbonyl (C=O) groups excluding carboxylic acids is 1. The maximum atomic E-state index is 12.9. The normalized spacial score (nSPS) is 19.7. The van der Waals surface area contributed by atoms with Crippen LogP contribution in [-0.2, 0) is 10.9 Å². The van der Waals surface area contributed by atoms with Crippen LogP contribution in [0, 0.1) is 0 Å². The molecule has 104 valence electrons. The van der Waals surface area contributed by atoms with Gasteiger partial charge in [-0.25, -0.2) is 4.79 Å². The first-order valence-corrected chi connectivity index (χ1v) is 5.66. The van der Waals surface area contributed by atoms with Gasteiger partial charge in [0.2, 0.25) is 0 Å². The molecule has 4 nitrogen and oxygen atoms in total. The van der Waals surface area contributed by atoms with E-state index in [1.807, 2.05) is 0 Å². The van der Waals surface area contributed by atoms with Crippen molar-refractivity contribution in [3.63, 3.8) is 0 Å². The van der Waals surface area contributed by atoms with Crippen LogP contribution < -0.4 is 0 Å². The summed E-state index contributed by atoms with van der Waals surface area (Å²) in [7, 11) is 0. The number of hydrogen-bond donors (Lipinski definition) is 1. The molecule has 1 saturated heterocycles. The highest BCUT2D eigenvalue weighted by Gasteiger charge is 2.39. The molecule has 1 aliphatic rings. The molecule has 0 spiro atoms. The fourth-order valence-electron chi connectivity index (χ4n) is 2.01. The number of cyclic esters (lactones) is 1. The molecule has 0 aromatic heterocycles. The average Bonchev–Trinajstić information content (AvgIpc) is 2.70. The Hall–Kier alpha value is -1.76. The van der Waals surface area contributed by atoms with Crippen LogP contribution >= 0.6 is 0 Å². The number of halogens is 3. The van der Waals surface area contributed by atoms with Crippen molar-refractivity contribution in [1.82, 2.24) is 4.90 Å². The number of benzene rings is 1. The van der Waals surface area contributed by atoms with Gasteiger partial charge in [-0.05, 0) is 6.07 Å². The van der Waals surface area contributed by atoms with Crippen LogP contribution in [0.1, 0.15) is 17.2 Å². The summed E-state index contributed by atoms with van der Waals surface area (Å²) >= 11 is 0. The van der Waals surface area contributed by atoms with Crippen LogP contribution in [0.2, 0.25) is 0 Å². The van der Waals surface area contributed by atoms with Gasteiger partial charge < -0.3 is 14.7 Å². The zero-order valence-corrected chi connectivity index (χ0v) is 9.85. The molecule has 1 N–H and O–H groups in total. The molecular formula is C12H12F3NO3. The van der Waals surface area contributed by atoms with E-state index in [0.717, 1.165) is 6.07 Å². The topological polar surface area (TPSA) is 49.8 Å². The van der Waals surface area contributed by atoms with E-state index < -0.39 is 23.9 Å². The smallest absolute Gasteiger partial charge is 0.416 e. The molecular weight excluding hydrogens is 263 g/mol. The lowest BCUT2D eigenvalue weighted by atomic mass is 10.0. The van der Waals surface area contributed by atoms with Crippen molar-refractivity contribution < 1.29 is 27.8 Å². The van der Waals surface area contributed by atoms with Gasteiger partial charge in [0, 0.05) is 12.1 Å². The number of amides is 1. The molecule has 0 bridgehead atoms. The summed E-state index contributed by atoms with van der Waals surface area (Å²) < 4.78 is 43.5. The molecule has 1 unspecified atom stereocenters. The van der Waals surface area contributed by atoms with Crippen LogP contribution in [0.4, 0.5) is 18.0 Å². The number of rotatable bonds is 3. The molecule has 0 aliphatic carbocycles. The Bertz CT molecular complexity index is 476. The van der Waals surface area contributed by atoms with E-state index in [0.29, 0.717) is 0 Å². The SMILES string of the molecule is O=C1OC(c2ccccc2C(F)(F)F)CN1CCO. The molecule has 0 saturated carbocycles. The van der Waals surface area contributed by atoms with Crippen molar-refractivity contribution in [1.29, 1.82) is 0 Å². The maximum absolute atomic E-state index is 12.9.